The van der Waals surface area contributed by atoms with Crippen molar-refractivity contribution >= 4 is 5.91 Å². The van der Waals surface area contributed by atoms with Gasteiger partial charge in [-0.15, -0.1) is 0 Å². The van der Waals surface area contributed by atoms with Crippen LogP contribution in [0, 0.1) is 0 Å². The highest BCUT2D eigenvalue weighted by Gasteiger charge is 2.12. The number of ether oxygens (including phenoxy) is 1. The zero-order chi connectivity index (χ0) is 15.1. The van der Waals surface area contributed by atoms with Crippen LogP contribution >= 0.6 is 0 Å². The normalized spacial score (nSPS) is 10.2. The summed E-state index contributed by atoms with van der Waals surface area (Å²) in [6.07, 6.45) is 4.65. The fourth-order valence-electron chi connectivity index (χ4n) is 1.75. The van der Waals surface area contributed by atoms with Gasteiger partial charge >= 0.3 is 0 Å². The minimum absolute atomic E-state index is 0.0464. The molecule has 1 aromatic carbocycles. The van der Waals surface area contributed by atoms with Gasteiger partial charge in [-0.1, -0.05) is 6.07 Å². The molecule has 1 N–H and O–H groups in total. The molecule has 0 aliphatic heterocycles. The lowest BCUT2D eigenvalue weighted by molar-refractivity contribution is 0.0796. The number of aromatic nitrogens is 2. The van der Waals surface area contributed by atoms with Gasteiger partial charge in [-0.3, -0.25) is 9.78 Å². The number of nitrogens with one attached hydrogen (secondary N) is 1. The molecule has 0 fully saturated rings. The molecular formula is C15H18N4O2. The number of rotatable bonds is 6. The van der Waals surface area contributed by atoms with Gasteiger partial charge in [0, 0.05) is 38.1 Å². The molecule has 0 aliphatic rings. The van der Waals surface area contributed by atoms with E-state index in [0.29, 0.717) is 23.7 Å². The number of carbonyl (C=O) groups excluding carboxylic acids is 1. The first kappa shape index (κ1) is 14.9. The van der Waals surface area contributed by atoms with Crippen LogP contribution < -0.4 is 10.1 Å². The van der Waals surface area contributed by atoms with E-state index in [0.717, 1.165) is 6.54 Å². The van der Waals surface area contributed by atoms with Gasteiger partial charge in [0.05, 0.1) is 6.20 Å². The Labute approximate surface area is 123 Å². The number of hydrogen-bond acceptors (Lipinski definition) is 5. The molecule has 110 valence electrons. The summed E-state index contributed by atoms with van der Waals surface area (Å²) in [5.41, 5.74) is 0.579. The Bertz CT molecular complexity index is 589. The summed E-state index contributed by atoms with van der Waals surface area (Å²) in [7, 11) is 3.63. The molecule has 0 bridgehead atoms. The molecule has 1 amide bonds. The van der Waals surface area contributed by atoms with Crippen LogP contribution in [0.5, 0.6) is 11.6 Å². The number of likely N-dealkylation sites (N-methyl/N-ethyl adjacent to an activating group) is 2. The molecule has 0 saturated heterocycles. The van der Waals surface area contributed by atoms with E-state index in [4.69, 9.17) is 4.74 Å². The highest BCUT2D eigenvalue weighted by molar-refractivity contribution is 5.94. The Balaban J connectivity index is 2.08. The molecular weight excluding hydrogens is 268 g/mol. The molecule has 0 aliphatic carbocycles. The smallest absolute Gasteiger partial charge is 0.253 e. The molecule has 0 atom stereocenters. The van der Waals surface area contributed by atoms with Crippen molar-refractivity contribution in [3.05, 3.63) is 48.4 Å². The average molecular weight is 286 g/mol. The second kappa shape index (κ2) is 7.35. The second-order valence-corrected chi connectivity index (χ2v) is 4.50. The van der Waals surface area contributed by atoms with Crippen molar-refractivity contribution in [1.82, 2.24) is 20.2 Å². The topological polar surface area (TPSA) is 67.4 Å². The zero-order valence-corrected chi connectivity index (χ0v) is 12.1. The van der Waals surface area contributed by atoms with Gasteiger partial charge in [0.1, 0.15) is 5.75 Å². The van der Waals surface area contributed by atoms with E-state index in [1.54, 1.807) is 48.6 Å². The summed E-state index contributed by atoms with van der Waals surface area (Å²) < 4.78 is 5.57. The van der Waals surface area contributed by atoms with Crippen molar-refractivity contribution in [3.63, 3.8) is 0 Å². The monoisotopic (exact) mass is 286 g/mol. The van der Waals surface area contributed by atoms with Gasteiger partial charge in [-0.25, -0.2) is 4.98 Å². The minimum atomic E-state index is -0.0464. The van der Waals surface area contributed by atoms with E-state index in [9.17, 15) is 4.79 Å². The highest BCUT2D eigenvalue weighted by Crippen LogP contribution is 2.20. The van der Waals surface area contributed by atoms with E-state index in [1.807, 2.05) is 7.05 Å². The first-order valence-corrected chi connectivity index (χ1v) is 6.64. The molecule has 2 rings (SSSR count). The summed E-state index contributed by atoms with van der Waals surface area (Å²) >= 11 is 0. The van der Waals surface area contributed by atoms with Gasteiger partial charge in [-0.2, -0.15) is 0 Å². The van der Waals surface area contributed by atoms with Gasteiger partial charge in [0.15, 0.2) is 0 Å². The minimum Gasteiger partial charge on any atom is -0.437 e. The number of nitrogens with zero attached hydrogens (tertiary/aromatic N) is 3. The maximum atomic E-state index is 12.3. The lowest BCUT2D eigenvalue weighted by Gasteiger charge is -2.17. The molecule has 6 heteroatoms. The molecule has 0 unspecified atom stereocenters. The lowest BCUT2D eigenvalue weighted by Crippen LogP contribution is -2.32. The Morgan fingerprint density at radius 1 is 1.38 bits per heavy atom. The standard InChI is InChI=1S/C15H18N4O2/c1-16-8-9-19(2)15(20)12-4-3-5-13(10-12)21-14-11-17-6-7-18-14/h3-7,10-11,16H,8-9H2,1-2H3. The Kier molecular flexibility index (Phi) is 5.22. The SMILES string of the molecule is CNCCN(C)C(=O)c1cccc(Oc2cnccn2)c1. The largest absolute Gasteiger partial charge is 0.437 e. The maximum Gasteiger partial charge on any atom is 0.253 e. The molecule has 1 aromatic heterocycles. The van der Waals surface area contributed by atoms with Crippen molar-refractivity contribution in [2.75, 3.05) is 27.2 Å². The van der Waals surface area contributed by atoms with Gasteiger partial charge < -0.3 is 15.0 Å². The molecule has 21 heavy (non-hydrogen) atoms. The van der Waals surface area contributed by atoms with Crippen molar-refractivity contribution < 1.29 is 9.53 Å². The van der Waals surface area contributed by atoms with E-state index in [1.165, 1.54) is 6.20 Å². The molecule has 1 heterocycles. The quantitative estimate of drug-likeness (QED) is 0.873. The molecule has 6 nitrogen and oxygen atoms in total. The third kappa shape index (κ3) is 4.25. The number of carbonyl (C=O) groups is 1. The molecule has 0 radical (unpaired) electrons. The van der Waals surface area contributed by atoms with E-state index in [2.05, 4.69) is 15.3 Å². The summed E-state index contributed by atoms with van der Waals surface area (Å²) in [5, 5.41) is 3.02. The number of benzene rings is 1. The Morgan fingerprint density at radius 3 is 2.95 bits per heavy atom. The number of amides is 1. The number of hydrogen-bond donors (Lipinski definition) is 1. The first-order chi connectivity index (χ1) is 10.2. The average Bonchev–Trinajstić information content (AvgIpc) is 2.53. The maximum absolute atomic E-state index is 12.3. The van der Waals surface area contributed by atoms with Crippen molar-refractivity contribution in [2.45, 2.75) is 0 Å². The summed E-state index contributed by atoms with van der Waals surface area (Å²) in [4.78, 5) is 21.9. The van der Waals surface area contributed by atoms with E-state index < -0.39 is 0 Å². The van der Waals surface area contributed by atoms with Crippen LogP contribution in [-0.2, 0) is 0 Å². The van der Waals surface area contributed by atoms with Crippen molar-refractivity contribution in [2.24, 2.45) is 0 Å². The summed E-state index contributed by atoms with van der Waals surface area (Å²) in [5.74, 6) is 0.906. The predicted molar refractivity (Wildman–Crippen MR) is 79.4 cm³/mol. The van der Waals surface area contributed by atoms with Crippen LogP contribution in [0.25, 0.3) is 0 Å². The molecule has 0 saturated carbocycles. The zero-order valence-electron chi connectivity index (χ0n) is 12.1. The van der Waals surface area contributed by atoms with Crippen LogP contribution in [0.15, 0.2) is 42.9 Å². The fraction of sp³-hybridized carbons (Fsp3) is 0.267. The highest BCUT2D eigenvalue weighted by atomic mass is 16.5. The Morgan fingerprint density at radius 2 is 2.24 bits per heavy atom. The predicted octanol–water partition coefficient (Wildman–Crippen LogP) is 1.56. The molecule has 0 spiro atoms. The molecule has 2 aromatic rings. The lowest BCUT2D eigenvalue weighted by atomic mass is 10.2. The van der Waals surface area contributed by atoms with Gasteiger partial charge in [0.25, 0.3) is 5.91 Å². The van der Waals surface area contributed by atoms with Crippen LogP contribution in [0.4, 0.5) is 0 Å². The van der Waals surface area contributed by atoms with Crippen LogP contribution in [0.3, 0.4) is 0 Å². The summed E-state index contributed by atoms with van der Waals surface area (Å²) in [6.45, 7) is 1.39. The van der Waals surface area contributed by atoms with E-state index in [-0.39, 0.29) is 5.91 Å². The van der Waals surface area contributed by atoms with E-state index >= 15 is 0 Å². The third-order valence-electron chi connectivity index (χ3n) is 2.89. The second-order valence-electron chi connectivity index (χ2n) is 4.50. The van der Waals surface area contributed by atoms with Gasteiger partial charge in [-0.05, 0) is 25.2 Å². The van der Waals surface area contributed by atoms with Crippen LogP contribution in [-0.4, -0.2) is 48.0 Å². The fourth-order valence-corrected chi connectivity index (χ4v) is 1.75. The van der Waals surface area contributed by atoms with Crippen molar-refractivity contribution in [3.8, 4) is 11.6 Å². The van der Waals surface area contributed by atoms with Crippen LogP contribution in [0.1, 0.15) is 10.4 Å². The Hall–Kier alpha value is -2.47. The third-order valence-corrected chi connectivity index (χ3v) is 2.89. The van der Waals surface area contributed by atoms with Crippen molar-refractivity contribution in [1.29, 1.82) is 0 Å². The van der Waals surface area contributed by atoms with Crippen LogP contribution in [0.2, 0.25) is 0 Å². The first-order valence-electron chi connectivity index (χ1n) is 6.64. The summed E-state index contributed by atoms with van der Waals surface area (Å²) in [6, 6.07) is 7.03. The van der Waals surface area contributed by atoms with Gasteiger partial charge in [0.2, 0.25) is 5.88 Å².